The molecule has 1 aliphatic rings. The van der Waals surface area contributed by atoms with Crippen LogP contribution < -0.4 is 4.90 Å². The molecule has 2 rings (SSSR count). The third kappa shape index (κ3) is 2.41. The Morgan fingerprint density at radius 2 is 2.56 bits per heavy atom. The number of azide groups is 1. The number of aromatic nitrogens is 1. The molecule has 1 unspecified atom stereocenters. The zero-order valence-electron chi connectivity index (χ0n) is 9.18. The second kappa shape index (κ2) is 5.03. The van der Waals surface area contributed by atoms with Crippen LogP contribution in [0.5, 0.6) is 0 Å². The summed E-state index contributed by atoms with van der Waals surface area (Å²) in [6, 6.07) is 0. The Morgan fingerprint density at radius 3 is 3.17 bits per heavy atom. The first-order chi connectivity index (χ1) is 8.61. The Balaban J connectivity index is 2.11. The van der Waals surface area contributed by atoms with Crippen LogP contribution in [0.15, 0.2) is 10.5 Å². The van der Waals surface area contributed by atoms with Crippen molar-refractivity contribution in [2.45, 2.75) is 6.42 Å². The van der Waals surface area contributed by atoms with Gasteiger partial charge in [-0.3, -0.25) is 9.69 Å². The number of thiazole rings is 1. The van der Waals surface area contributed by atoms with Crippen LogP contribution in [0.1, 0.15) is 16.9 Å². The highest BCUT2D eigenvalue weighted by Gasteiger charge is 2.32. The van der Waals surface area contributed by atoms with Crippen LogP contribution in [-0.2, 0) is 4.79 Å². The van der Waals surface area contributed by atoms with Crippen LogP contribution in [0.25, 0.3) is 10.4 Å². The predicted molar refractivity (Wildman–Crippen MR) is 63.5 cm³/mol. The average Bonchev–Trinajstić information content (AvgIpc) is 2.92. The number of anilines is 1. The summed E-state index contributed by atoms with van der Waals surface area (Å²) in [5.41, 5.74) is 8.16. The molecule has 2 heterocycles. The van der Waals surface area contributed by atoms with Gasteiger partial charge < -0.3 is 5.11 Å². The van der Waals surface area contributed by atoms with E-state index in [0.717, 1.165) is 11.3 Å². The molecule has 0 spiro atoms. The first-order valence-electron chi connectivity index (χ1n) is 5.12. The van der Waals surface area contributed by atoms with E-state index in [2.05, 4.69) is 15.0 Å². The zero-order chi connectivity index (χ0) is 13.1. The fourth-order valence-electron chi connectivity index (χ4n) is 1.73. The van der Waals surface area contributed by atoms with Crippen molar-refractivity contribution in [1.29, 1.82) is 0 Å². The molecule has 1 fully saturated rings. The molecule has 1 saturated heterocycles. The highest BCUT2D eigenvalue weighted by Crippen LogP contribution is 2.28. The molecule has 9 heteroatoms. The molecule has 8 nitrogen and oxygen atoms in total. The lowest BCUT2D eigenvalue weighted by Gasteiger charge is -2.11. The Bertz CT molecular complexity index is 536. The normalized spacial score (nSPS) is 18.8. The predicted octanol–water partition coefficient (Wildman–Crippen LogP) is 1.50. The minimum Gasteiger partial charge on any atom is -0.476 e. The van der Waals surface area contributed by atoms with E-state index in [1.807, 2.05) is 0 Å². The summed E-state index contributed by atoms with van der Waals surface area (Å²) in [5.74, 6) is -1.28. The van der Waals surface area contributed by atoms with Crippen LogP contribution in [0.2, 0.25) is 0 Å². The lowest BCUT2D eigenvalue weighted by molar-refractivity contribution is -0.117. The fourth-order valence-corrected chi connectivity index (χ4v) is 2.55. The monoisotopic (exact) mass is 267 g/mol. The highest BCUT2D eigenvalue weighted by molar-refractivity contribution is 7.14. The maximum Gasteiger partial charge on any atom is 0.355 e. The maximum atomic E-state index is 11.7. The second-order valence-electron chi connectivity index (χ2n) is 3.81. The van der Waals surface area contributed by atoms with Gasteiger partial charge in [0.1, 0.15) is 0 Å². The topological polar surface area (TPSA) is 119 Å². The molecule has 0 aromatic carbocycles. The molecule has 1 atom stereocenters. The third-order valence-corrected chi connectivity index (χ3v) is 3.41. The molecular formula is C9H9N5O3S. The Hall–Kier alpha value is -2.12. The van der Waals surface area contributed by atoms with Gasteiger partial charge >= 0.3 is 5.97 Å². The van der Waals surface area contributed by atoms with Crippen molar-refractivity contribution in [2.24, 2.45) is 11.0 Å². The molecule has 0 saturated carbocycles. The van der Waals surface area contributed by atoms with Crippen molar-refractivity contribution in [3.63, 3.8) is 0 Å². The minimum absolute atomic E-state index is 0.0365. The van der Waals surface area contributed by atoms with Crippen LogP contribution in [0, 0.1) is 5.92 Å². The molecule has 1 N–H and O–H groups in total. The number of amides is 1. The molecule has 1 amide bonds. The number of carbonyl (C=O) groups excluding carboxylic acids is 1. The van der Waals surface area contributed by atoms with E-state index in [1.54, 1.807) is 0 Å². The quantitative estimate of drug-likeness (QED) is 0.505. The van der Waals surface area contributed by atoms with Gasteiger partial charge in [0.05, 0.1) is 0 Å². The van der Waals surface area contributed by atoms with Crippen molar-refractivity contribution in [3.05, 3.63) is 21.5 Å². The lowest BCUT2D eigenvalue weighted by Crippen LogP contribution is -2.24. The van der Waals surface area contributed by atoms with Crippen LogP contribution >= 0.6 is 11.3 Å². The largest absolute Gasteiger partial charge is 0.476 e. The SMILES string of the molecule is [N-]=[N+]=NCC1CC(=O)N(c2nc(C(=O)O)cs2)C1. The highest BCUT2D eigenvalue weighted by atomic mass is 32.1. The van der Waals surface area contributed by atoms with Gasteiger partial charge in [-0.15, -0.1) is 11.3 Å². The van der Waals surface area contributed by atoms with E-state index in [-0.39, 0.29) is 24.1 Å². The Labute approximate surface area is 105 Å². The zero-order valence-corrected chi connectivity index (χ0v) is 10.0. The van der Waals surface area contributed by atoms with E-state index in [0.29, 0.717) is 18.1 Å². The van der Waals surface area contributed by atoms with Crippen molar-refractivity contribution < 1.29 is 14.7 Å². The van der Waals surface area contributed by atoms with E-state index in [4.69, 9.17) is 10.6 Å². The van der Waals surface area contributed by atoms with Crippen LogP contribution in [0.3, 0.4) is 0 Å². The van der Waals surface area contributed by atoms with Crippen molar-refractivity contribution >= 4 is 28.3 Å². The Morgan fingerprint density at radius 1 is 1.78 bits per heavy atom. The summed E-state index contributed by atoms with van der Waals surface area (Å²) < 4.78 is 0. The molecular weight excluding hydrogens is 258 g/mol. The van der Waals surface area contributed by atoms with Gasteiger partial charge in [-0.1, -0.05) is 5.11 Å². The van der Waals surface area contributed by atoms with E-state index in [1.165, 1.54) is 10.3 Å². The van der Waals surface area contributed by atoms with Crippen molar-refractivity contribution in [2.75, 3.05) is 18.0 Å². The van der Waals surface area contributed by atoms with Gasteiger partial charge in [0.2, 0.25) is 5.91 Å². The van der Waals surface area contributed by atoms with E-state index >= 15 is 0 Å². The summed E-state index contributed by atoms with van der Waals surface area (Å²) >= 11 is 1.11. The number of hydrogen-bond acceptors (Lipinski definition) is 5. The van der Waals surface area contributed by atoms with E-state index < -0.39 is 5.97 Å². The summed E-state index contributed by atoms with van der Waals surface area (Å²) in [5, 5.41) is 14.0. The third-order valence-electron chi connectivity index (χ3n) is 2.55. The maximum absolute atomic E-state index is 11.7. The summed E-state index contributed by atoms with van der Waals surface area (Å²) in [6.07, 6.45) is 0.293. The smallest absolute Gasteiger partial charge is 0.355 e. The number of carbonyl (C=O) groups is 2. The van der Waals surface area contributed by atoms with Crippen molar-refractivity contribution in [3.8, 4) is 0 Å². The number of aromatic carboxylic acids is 1. The molecule has 1 aromatic rings. The minimum atomic E-state index is -1.12. The number of carboxylic acids is 1. The first kappa shape index (κ1) is 12.3. The Kier molecular flexibility index (Phi) is 3.45. The molecule has 18 heavy (non-hydrogen) atoms. The number of nitrogens with zero attached hydrogens (tertiary/aromatic N) is 5. The lowest BCUT2D eigenvalue weighted by atomic mass is 10.1. The summed E-state index contributed by atoms with van der Waals surface area (Å²) in [7, 11) is 0. The molecule has 0 aliphatic carbocycles. The standard InChI is InChI=1S/C9H9N5O3S/c10-13-11-2-5-1-7(15)14(3-5)9-12-6(4-18-9)8(16)17/h4-5H,1-3H2,(H,16,17). The molecule has 0 radical (unpaired) electrons. The molecule has 94 valence electrons. The molecule has 1 aromatic heterocycles. The molecule has 0 bridgehead atoms. The van der Waals surface area contributed by atoms with Crippen molar-refractivity contribution in [1.82, 2.24) is 4.98 Å². The number of carboxylic acid groups (broad SMARTS) is 1. The van der Waals surface area contributed by atoms with Gasteiger partial charge in [0.25, 0.3) is 0 Å². The van der Waals surface area contributed by atoms with Gasteiger partial charge in [0, 0.05) is 29.8 Å². The van der Waals surface area contributed by atoms with Gasteiger partial charge in [-0.2, -0.15) is 0 Å². The number of hydrogen-bond donors (Lipinski definition) is 1. The van der Waals surface area contributed by atoms with Gasteiger partial charge in [-0.05, 0) is 11.4 Å². The van der Waals surface area contributed by atoms with Crippen LogP contribution in [0.4, 0.5) is 5.13 Å². The fraction of sp³-hybridized carbons (Fsp3) is 0.444. The van der Waals surface area contributed by atoms with Crippen LogP contribution in [-0.4, -0.2) is 35.1 Å². The molecule has 1 aliphatic heterocycles. The summed E-state index contributed by atoms with van der Waals surface area (Å²) in [6.45, 7) is 0.667. The number of rotatable bonds is 4. The van der Waals surface area contributed by atoms with Gasteiger partial charge in [0.15, 0.2) is 10.8 Å². The summed E-state index contributed by atoms with van der Waals surface area (Å²) in [4.78, 5) is 30.4. The van der Waals surface area contributed by atoms with E-state index in [9.17, 15) is 9.59 Å². The van der Waals surface area contributed by atoms with Gasteiger partial charge in [-0.25, -0.2) is 9.78 Å². The second-order valence-corrected chi connectivity index (χ2v) is 4.64. The average molecular weight is 267 g/mol. The first-order valence-corrected chi connectivity index (χ1v) is 6.00.